The second-order valence-electron chi connectivity index (χ2n) is 5.32. The lowest BCUT2D eigenvalue weighted by molar-refractivity contribution is -0.384. The van der Waals surface area contributed by atoms with Gasteiger partial charge in [-0.15, -0.1) is 0 Å². The van der Waals surface area contributed by atoms with E-state index in [0.29, 0.717) is 10.0 Å². The van der Waals surface area contributed by atoms with Crippen molar-refractivity contribution in [2.24, 2.45) is 0 Å². The molecule has 2 heterocycles. The highest BCUT2D eigenvalue weighted by Gasteiger charge is 2.19. The third-order valence-corrected chi connectivity index (χ3v) is 4.40. The van der Waals surface area contributed by atoms with Gasteiger partial charge in [0.25, 0.3) is 5.69 Å². The number of hydrogen-bond acceptors (Lipinski definition) is 4. The van der Waals surface area contributed by atoms with Crippen molar-refractivity contribution >= 4 is 43.4 Å². The number of hydrogen-bond donors (Lipinski definition) is 0. The van der Waals surface area contributed by atoms with E-state index in [0.717, 1.165) is 27.4 Å². The maximum atomic E-state index is 11.5. The summed E-state index contributed by atoms with van der Waals surface area (Å²) in [6, 6.07) is 14.5. The van der Waals surface area contributed by atoms with Crippen LogP contribution in [0.25, 0.3) is 32.9 Å². The Balaban J connectivity index is 2.16. The fourth-order valence-electron chi connectivity index (χ4n) is 2.88. The number of benzene rings is 2. The summed E-state index contributed by atoms with van der Waals surface area (Å²) >= 11 is 3.30. The van der Waals surface area contributed by atoms with E-state index in [1.54, 1.807) is 24.5 Å². The normalized spacial score (nSPS) is 11.0. The fourth-order valence-corrected chi connectivity index (χ4v) is 3.23. The maximum absolute atomic E-state index is 11.5. The van der Waals surface area contributed by atoms with Crippen LogP contribution >= 0.6 is 15.9 Å². The lowest BCUT2D eigenvalue weighted by Gasteiger charge is -2.10. The zero-order valence-corrected chi connectivity index (χ0v) is 13.9. The van der Waals surface area contributed by atoms with Gasteiger partial charge in [0.2, 0.25) is 0 Å². The average molecular weight is 380 g/mol. The maximum Gasteiger partial charge on any atom is 0.278 e. The topological polar surface area (TPSA) is 68.9 Å². The van der Waals surface area contributed by atoms with E-state index in [2.05, 4.69) is 25.9 Å². The molecule has 0 saturated carbocycles. The monoisotopic (exact) mass is 379 g/mol. The van der Waals surface area contributed by atoms with Crippen LogP contribution in [-0.4, -0.2) is 14.9 Å². The second-order valence-corrected chi connectivity index (χ2v) is 6.23. The van der Waals surface area contributed by atoms with E-state index in [1.165, 1.54) is 6.07 Å². The molecular weight excluding hydrogens is 370 g/mol. The molecule has 4 aromatic rings. The minimum Gasteiger partial charge on any atom is -0.258 e. The van der Waals surface area contributed by atoms with Crippen molar-refractivity contribution in [3.05, 3.63) is 75.5 Å². The number of halogens is 1. The number of nitro groups is 1. The van der Waals surface area contributed by atoms with Crippen molar-refractivity contribution in [2.45, 2.75) is 0 Å². The molecule has 0 aliphatic rings. The Morgan fingerprint density at radius 1 is 0.917 bits per heavy atom. The highest BCUT2D eigenvalue weighted by Crippen LogP contribution is 2.38. The average Bonchev–Trinajstić information content (AvgIpc) is 2.61. The zero-order chi connectivity index (χ0) is 16.7. The predicted octanol–water partition coefficient (Wildman–Crippen LogP) is 5.12. The minimum absolute atomic E-state index is 0.0535. The molecule has 0 atom stereocenters. The van der Waals surface area contributed by atoms with Crippen molar-refractivity contribution in [2.75, 3.05) is 0 Å². The third kappa shape index (κ3) is 2.32. The van der Waals surface area contributed by atoms with Gasteiger partial charge in [-0.3, -0.25) is 20.1 Å². The highest BCUT2D eigenvalue weighted by atomic mass is 79.9. The first-order valence-corrected chi connectivity index (χ1v) is 8.01. The van der Waals surface area contributed by atoms with E-state index in [4.69, 9.17) is 0 Å². The highest BCUT2D eigenvalue weighted by molar-refractivity contribution is 9.10. The van der Waals surface area contributed by atoms with Gasteiger partial charge in [-0.1, -0.05) is 28.1 Å². The van der Waals surface area contributed by atoms with Crippen molar-refractivity contribution in [3.63, 3.8) is 0 Å². The Morgan fingerprint density at radius 3 is 2.46 bits per heavy atom. The number of rotatable bonds is 2. The number of pyridine rings is 2. The van der Waals surface area contributed by atoms with E-state index in [1.807, 2.05) is 30.3 Å². The van der Waals surface area contributed by atoms with Crippen LogP contribution in [0.4, 0.5) is 5.69 Å². The van der Waals surface area contributed by atoms with Crippen molar-refractivity contribution in [1.82, 2.24) is 9.97 Å². The first-order valence-electron chi connectivity index (χ1n) is 7.22. The Labute approximate surface area is 145 Å². The molecule has 116 valence electrons. The van der Waals surface area contributed by atoms with Crippen molar-refractivity contribution in [3.8, 4) is 11.1 Å². The molecule has 0 aliphatic carbocycles. The summed E-state index contributed by atoms with van der Waals surface area (Å²) in [6.07, 6.45) is 3.43. The Kier molecular flexibility index (Phi) is 3.46. The molecule has 0 saturated heterocycles. The van der Waals surface area contributed by atoms with Gasteiger partial charge in [0.05, 0.1) is 21.5 Å². The summed E-state index contributed by atoms with van der Waals surface area (Å²) in [5.41, 5.74) is 2.92. The minimum atomic E-state index is -0.365. The molecule has 0 radical (unpaired) electrons. The van der Waals surface area contributed by atoms with Crippen LogP contribution < -0.4 is 0 Å². The number of nitrogens with zero attached hydrogens (tertiary/aromatic N) is 3. The summed E-state index contributed by atoms with van der Waals surface area (Å²) in [6.45, 7) is 0. The van der Waals surface area contributed by atoms with E-state index in [9.17, 15) is 10.1 Å². The predicted molar refractivity (Wildman–Crippen MR) is 96.8 cm³/mol. The lowest BCUT2D eigenvalue weighted by Crippen LogP contribution is -1.94. The molecule has 4 rings (SSSR count). The van der Waals surface area contributed by atoms with Gasteiger partial charge in [-0.05, 0) is 35.9 Å². The molecule has 0 spiro atoms. The molecule has 6 heteroatoms. The van der Waals surface area contributed by atoms with Crippen molar-refractivity contribution < 1.29 is 4.92 Å². The van der Waals surface area contributed by atoms with Crippen LogP contribution in [-0.2, 0) is 0 Å². The van der Waals surface area contributed by atoms with Crippen LogP contribution in [0.5, 0.6) is 0 Å². The Morgan fingerprint density at radius 2 is 1.67 bits per heavy atom. The van der Waals surface area contributed by atoms with Crippen LogP contribution in [0.1, 0.15) is 0 Å². The number of nitro benzene ring substituents is 1. The summed E-state index contributed by atoms with van der Waals surface area (Å²) in [5, 5.41) is 13.2. The van der Waals surface area contributed by atoms with E-state index < -0.39 is 0 Å². The van der Waals surface area contributed by atoms with E-state index in [-0.39, 0.29) is 10.6 Å². The first-order chi connectivity index (χ1) is 11.6. The van der Waals surface area contributed by atoms with Gasteiger partial charge in [0, 0.05) is 33.7 Å². The molecule has 0 bridgehead atoms. The smallest absolute Gasteiger partial charge is 0.258 e. The molecule has 0 N–H and O–H groups in total. The molecule has 0 fully saturated rings. The first kappa shape index (κ1) is 14.7. The van der Waals surface area contributed by atoms with Crippen LogP contribution in [0.2, 0.25) is 0 Å². The van der Waals surface area contributed by atoms with Crippen LogP contribution in [0.3, 0.4) is 0 Å². The Hall–Kier alpha value is -2.86. The fraction of sp³-hybridized carbons (Fsp3) is 0. The third-order valence-electron chi connectivity index (χ3n) is 3.91. The molecule has 5 nitrogen and oxygen atoms in total. The summed E-state index contributed by atoms with van der Waals surface area (Å²) in [4.78, 5) is 20.0. The molecule has 0 aliphatic heterocycles. The standard InChI is InChI=1S/C18H10BrN3O2/c19-12-5-6-13(16(10-12)22(23)24)15-9-11-3-1-7-20-17(11)18-14(15)4-2-8-21-18/h1-10H. The summed E-state index contributed by atoms with van der Waals surface area (Å²) in [7, 11) is 0. The molecule has 2 aromatic carbocycles. The van der Waals surface area contributed by atoms with Crippen molar-refractivity contribution in [1.29, 1.82) is 0 Å². The van der Waals surface area contributed by atoms with Crippen LogP contribution in [0.15, 0.2) is 65.4 Å². The van der Waals surface area contributed by atoms with Gasteiger partial charge in [0.1, 0.15) is 0 Å². The zero-order valence-electron chi connectivity index (χ0n) is 12.3. The van der Waals surface area contributed by atoms with Gasteiger partial charge in [-0.2, -0.15) is 0 Å². The lowest BCUT2D eigenvalue weighted by atomic mass is 9.96. The largest absolute Gasteiger partial charge is 0.278 e. The quantitative estimate of drug-likeness (QED) is 0.275. The molecule has 2 aromatic heterocycles. The van der Waals surface area contributed by atoms with Crippen LogP contribution in [0, 0.1) is 10.1 Å². The molecular formula is C18H10BrN3O2. The molecule has 0 amide bonds. The van der Waals surface area contributed by atoms with E-state index >= 15 is 0 Å². The second kappa shape index (κ2) is 5.65. The number of aromatic nitrogens is 2. The Bertz CT molecular complexity index is 1110. The molecule has 24 heavy (non-hydrogen) atoms. The van der Waals surface area contributed by atoms with Gasteiger partial charge in [0.15, 0.2) is 0 Å². The van der Waals surface area contributed by atoms with Gasteiger partial charge >= 0.3 is 0 Å². The van der Waals surface area contributed by atoms with Gasteiger partial charge in [-0.25, -0.2) is 0 Å². The summed E-state index contributed by atoms with van der Waals surface area (Å²) < 4.78 is 0.669. The van der Waals surface area contributed by atoms with Gasteiger partial charge < -0.3 is 0 Å². The SMILES string of the molecule is O=[N+]([O-])c1cc(Br)ccc1-c1cc2cccnc2c2ncccc12. The summed E-state index contributed by atoms with van der Waals surface area (Å²) in [5.74, 6) is 0. The molecule has 0 unspecified atom stereocenters. The number of fused-ring (bicyclic) bond motifs is 3.